The molecule has 0 aliphatic carbocycles. The molecule has 3 aromatic rings. The average molecular weight is 223 g/mol. The Morgan fingerprint density at radius 2 is 1.82 bits per heavy atom. The molecule has 0 spiro atoms. The van der Waals surface area contributed by atoms with Crippen molar-refractivity contribution in [2.75, 3.05) is 5.73 Å². The van der Waals surface area contributed by atoms with Gasteiger partial charge in [0.05, 0.1) is 5.52 Å². The van der Waals surface area contributed by atoms with E-state index in [1.165, 1.54) is 0 Å². The van der Waals surface area contributed by atoms with Crippen molar-refractivity contribution in [1.29, 1.82) is 0 Å². The molecule has 0 fully saturated rings. The lowest BCUT2D eigenvalue weighted by Crippen LogP contribution is -1.89. The summed E-state index contributed by atoms with van der Waals surface area (Å²) in [6.45, 7) is 0. The summed E-state index contributed by atoms with van der Waals surface area (Å²) >= 11 is 0. The Morgan fingerprint density at radius 1 is 1.06 bits per heavy atom. The van der Waals surface area contributed by atoms with E-state index < -0.39 is 0 Å². The first-order chi connectivity index (χ1) is 8.25. The molecule has 0 atom stereocenters. The molecule has 84 valence electrons. The van der Waals surface area contributed by atoms with E-state index in [2.05, 4.69) is 17.2 Å². The molecule has 2 aromatic carbocycles. The molecule has 0 amide bonds. The summed E-state index contributed by atoms with van der Waals surface area (Å²) in [6, 6.07) is 16.0. The SMILES string of the molecule is Cn1nc(-c2ccccc2)c2cc(N)ccc21. The highest BCUT2D eigenvalue weighted by Gasteiger charge is 2.09. The number of nitrogen functional groups attached to an aromatic ring is 1. The maximum Gasteiger partial charge on any atom is 0.100 e. The predicted octanol–water partition coefficient (Wildman–Crippen LogP) is 2.82. The van der Waals surface area contributed by atoms with Crippen molar-refractivity contribution >= 4 is 16.6 Å². The summed E-state index contributed by atoms with van der Waals surface area (Å²) in [5.74, 6) is 0. The first-order valence-electron chi connectivity index (χ1n) is 5.53. The summed E-state index contributed by atoms with van der Waals surface area (Å²) < 4.78 is 1.89. The lowest BCUT2D eigenvalue weighted by molar-refractivity contribution is 0.800. The third-order valence-electron chi connectivity index (χ3n) is 2.92. The number of rotatable bonds is 1. The van der Waals surface area contributed by atoms with Crippen LogP contribution in [0.4, 0.5) is 5.69 Å². The Hall–Kier alpha value is -2.29. The van der Waals surface area contributed by atoms with Crippen molar-refractivity contribution in [3.63, 3.8) is 0 Å². The van der Waals surface area contributed by atoms with Gasteiger partial charge in [-0.25, -0.2) is 0 Å². The van der Waals surface area contributed by atoms with Gasteiger partial charge in [0.15, 0.2) is 0 Å². The molecule has 17 heavy (non-hydrogen) atoms. The quantitative estimate of drug-likeness (QED) is 0.645. The van der Waals surface area contributed by atoms with Crippen molar-refractivity contribution in [2.24, 2.45) is 7.05 Å². The predicted molar refractivity (Wildman–Crippen MR) is 70.6 cm³/mol. The molecular weight excluding hydrogens is 210 g/mol. The number of aromatic nitrogens is 2. The van der Waals surface area contributed by atoms with Gasteiger partial charge in [0.2, 0.25) is 0 Å². The molecule has 0 aliphatic heterocycles. The van der Waals surface area contributed by atoms with E-state index in [9.17, 15) is 0 Å². The summed E-state index contributed by atoms with van der Waals surface area (Å²) in [4.78, 5) is 0. The first kappa shape index (κ1) is 9.90. The minimum atomic E-state index is 0.766. The van der Waals surface area contributed by atoms with Gasteiger partial charge in [0.1, 0.15) is 5.69 Å². The molecule has 1 aromatic heterocycles. The minimum absolute atomic E-state index is 0.766. The Balaban J connectivity index is 2.34. The number of hydrogen-bond acceptors (Lipinski definition) is 2. The second-order valence-electron chi connectivity index (χ2n) is 4.11. The van der Waals surface area contributed by atoms with Gasteiger partial charge in [-0.15, -0.1) is 0 Å². The molecule has 3 nitrogen and oxygen atoms in total. The zero-order chi connectivity index (χ0) is 11.8. The standard InChI is InChI=1S/C14H13N3/c1-17-13-8-7-11(15)9-12(13)14(16-17)10-5-3-2-4-6-10/h2-9H,15H2,1H3. The normalized spacial score (nSPS) is 10.9. The molecule has 0 bridgehead atoms. The van der Waals surface area contributed by atoms with E-state index in [1.54, 1.807) is 0 Å². The number of benzene rings is 2. The lowest BCUT2D eigenvalue weighted by atomic mass is 10.1. The van der Waals surface area contributed by atoms with Gasteiger partial charge in [-0.3, -0.25) is 4.68 Å². The topological polar surface area (TPSA) is 43.8 Å². The van der Waals surface area contributed by atoms with Crippen LogP contribution in [0.1, 0.15) is 0 Å². The maximum absolute atomic E-state index is 5.84. The monoisotopic (exact) mass is 223 g/mol. The van der Waals surface area contributed by atoms with Crippen molar-refractivity contribution < 1.29 is 0 Å². The van der Waals surface area contributed by atoms with Crippen LogP contribution in [-0.2, 0) is 7.05 Å². The number of hydrogen-bond donors (Lipinski definition) is 1. The fourth-order valence-corrected chi connectivity index (χ4v) is 2.09. The van der Waals surface area contributed by atoms with Gasteiger partial charge < -0.3 is 5.73 Å². The van der Waals surface area contributed by atoms with Crippen LogP contribution in [0.3, 0.4) is 0 Å². The molecule has 1 heterocycles. The van der Waals surface area contributed by atoms with Crippen LogP contribution in [-0.4, -0.2) is 9.78 Å². The first-order valence-corrected chi connectivity index (χ1v) is 5.53. The number of aryl methyl sites for hydroxylation is 1. The Bertz CT molecular complexity index is 669. The number of nitrogens with zero attached hydrogens (tertiary/aromatic N) is 2. The average Bonchev–Trinajstić information content (AvgIpc) is 2.67. The van der Waals surface area contributed by atoms with Gasteiger partial charge in [0.25, 0.3) is 0 Å². The zero-order valence-corrected chi connectivity index (χ0v) is 9.59. The molecular formula is C14H13N3. The number of anilines is 1. The van der Waals surface area contributed by atoms with Gasteiger partial charge in [0, 0.05) is 23.7 Å². The maximum atomic E-state index is 5.84. The molecule has 0 radical (unpaired) electrons. The van der Waals surface area contributed by atoms with E-state index in [4.69, 9.17) is 5.73 Å². The van der Waals surface area contributed by atoms with Crippen LogP contribution in [0.15, 0.2) is 48.5 Å². The molecule has 0 saturated heterocycles. The van der Waals surface area contributed by atoms with Gasteiger partial charge in [-0.05, 0) is 18.2 Å². The molecule has 2 N–H and O–H groups in total. The van der Waals surface area contributed by atoms with Crippen LogP contribution in [0.5, 0.6) is 0 Å². The fraction of sp³-hybridized carbons (Fsp3) is 0.0714. The van der Waals surface area contributed by atoms with Crippen LogP contribution >= 0.6 is 0 Å². The molecule has 3 rings (SSSR count). The summed E-state index contributed by atoms with van der Waals surface area (Å²) in [6.07, 6.45) is 0. The molecule has 3 heteroatoms. The van der Waals surface area contributed by atoms with Crippen LogP contribution < -0.4 is 5.73 Å². The molecule has 0 aliphatic rings. The van der Waals surface area contributed by atoms with E-state index in [1.807, 2.05) is 48.1 Å². The highest BCUT2D eigenvalue weighted by molar-refractivity contribution is 5.95. The van der Waals surface area contributed by atoms with Gasteiger partial charge >= 0.3 is 0 Å². The Kier molecular flexibility index (Phi) is 2.11. The van der Waals surface area contributed by atoms with E-state index >= 15 is 0 Å². The highest BCUT2D eigenvalue weighted by atomic mass is 15.3. The number of fused-ring (bicyclic) bond motifs is 1. The van der Waals surface area contributed by atoms with Crippen LogP contribution in [0.25, 0.3) is 22.2 Å². The third-order valence-corrected chi connectivity index (χ3v) is 2.92. The lowest BCUT2D eigenvalue weighted by Gasteiger charge is -1.97. The largest absolute Gasteiger partial charge is 0.399 e. The van der Waals surface area contributed by atoms with Crippen molar-refractivity contribution in [3.05, 3.63) is 48.5 Å². The minimum Gasteiger partial charge on any atom is -0.399 e. The summed E-state index contributed by atoms with van der Waals surface area (Å²) in [5, 5.41) is 5.66. The van der Waals surface area contributed by atoms with Crippen molar-refractivity contribution in [2.45, 2.75) is 0 Å². The fourth-order valence-electron chi connectivity index (χ4n) is 2.09. The van der Waals surface area contributed by atoms with Crippen LogP contribution in [0, 0.1) is 0 Å². The van der Waals surface area contributed by atoms with Gasteiger partial charge in [-0.1, -0.05) is 30.3 Å². The van der Waals surface area contributed by atoms with E-state index in [0.717, 1.165) is 27.8 Å². The van der Waals surface area contributed by atoms with Crippen molar-refractivity contribution in [3.8, 4) is 11.3 Å². The second-order valence-corrected chi connectivity index (χ2v) is 4.11. The Labute approximate surface area is 99.5 Å². The summed E-state index contributed by atoms with van der Waals surface area (Å²) in [5.41, 5.74) is 9.80. The summed E-state index contributed by atoms with van der Waals surface area (Å²) in [7, 11) is 1.95. The third kappa shape index (κ3) is 1.56. The smallest absolute Gasteiger partial charge is 0.100 e. The zero-order valence-electron chi connectivity index (χ0n) is 9.59. The van der Waals surface area contributed by atoms with Crippen LogP contribution in [0.2, 0.25) is 0 Å². The van der Waals surface area contributed by atoms with Gasteiger partial charge in [-0.2, -0.15) is 5.10 Å². The Morgan fingerprint density at radius 3 is 2.59 bits per heavy atom. The van der Waals surface area contributed by atoms with Crippen molar-refractivity contribution in [1.82, 2.24) is 9.78 Å². The van der Waals surface area contributed by atoms with E-state index in [-0.39, 0.29) is 0 Å². The highest BCUT2D eigenvalue weighted by Crippen LogP contribution is 2.28. The van der Waals surface area contributed by atoms with E-state index in [0.29, 0.717) is 0 Å². The number of nitrogens with two attached hydrogens (primary N) is 1. The second kappa shape index (κ2) is 3.63. The molecule has 0 unspecified atom stereocenters. The molecule has 0 saturated carbocycles.